The second kappa shape index (κ2) is 43.7. The van der Waals surface area contributed by atoms with Crippen LogP contribution >= 0.6 is 0 Å². The SMILES string of the molecule is CC/C=C/C/C=C/C/C=C/C/C=C/C/C=C/CCCCCC(=O)OC(COCCC(C(=O)[O-])[N+](C)(C)C)COC(=O)CCCCCCCCCCCCCCCCCCCC. The first-order valence-electron chi connectivity index (χ1n) is 24.8. The largest absolute Gasteiger partial charge is 0.544 e. The first kappa shape index (κ1) is 58.0. The number of carbonyl (C=O) groups is 3. The van der Waals surface area contributed by atoms with E-state index in [-0.39, 0.29) is 49.1 Å². The molecule has 8 heteroatoms. The van der Waals surface area contributed by atoms with Crippen molar-refractivity contribution in [2.75, 3.05) is 41.0 Å². The van der Waals surface area contributed by atoms with Gasteiger partial charge in [0.25, 0.3) is 0 Å². The summed E-state index contributed by atoms with van der Waals surface area (Å²) in [5.74, 6) is -1.77. The van der Waals surface area contributed by atoms with Crippen LogP contribution in [0, 0.1) is 0 Å². The molecule has 0 heterocycles. The highest BCUT2D eigenvalue weighted by molar-refractivity contribution is 5.70. The van der Waals surface area contributed by atoms with Crippen molar-refractivity contribution in [3.63, 3.8) is 0 Å². The number of aliphatic carboxylic acids is 1. The Bertz CT molecular complexity index is 1180. The lowest BCUT2D eigenvalue weighted by molar-refractivity contribution is -0.889. The van der Waals surface area contributed by atoms with E-state index in [0.29, 0.717) is 12.8 Å². The predicted octanol–water partition coefficient (Wildman–Crippen LogP) is 12.8. The van der Waals surface area contributed by atoms with Crippen LogP contribution in [0.15, 0.2) is 60.8 Å². The number of ether oxygens (including phenoxy) is 3. The molecule has 0 fully saturated rings. The summed E-state index contributed by atoms with van der Waals surface area (Å²) in [6, 6.07) is -0.734. The molecule has 0 saturated heterocycles. The normalized spacial score (nSPS) is 13.4. The molecule has 0 bridgehead atoms. The second-order valence-corrected chi connectivity index (χ2v) is 17.7. The van der Waals surface area contributed by atoms with E-state index in [9.17, 15) is 19.5 Å². The molecule has 0 aromatic rings. The van der Waals surface area contributed by atoms with Gasteiger partial charge in [0.2, 0.25) is 0 Å². The maximum atomic E-state index is 12.8. The van der Waals surface area contributed by atoms with Crippen molar-refractivity contribution in [1.82, 2.24) is 0 Å². The predicted molar refractivity (Wildman–Crippen MR) is 254 cm³/mol. The molecule has 8 nitrogen and oxygen atoms in total. The van der Waals surface area contributed by atoms with Crippen LogP contribution in [0.5, 0.6) is 0 Å². The molecule has 0 radical (unpaired) electrons. The van der Waals surface area contributed by atoms with Crippen molar-refractivity contribution < 1.29 is 38.2 Å². The Labute approximate surface area is 375 Å². The zero-order valence-corrected chi connectivity index (χ0v) is 40.1. The van der Waals surface area contributed by atoms with E-state index in [1.165, 1.54) is 96.3 Å². The van der Waals surface area contributed by atoms with Crippen LogP contribution in [0.1, 0.15) is 206 Å². The third-order valence-corrected chi connectivity index (χ3v) is 10.9. The first-order valence-corrected chi connectivity index (χ1v) is 24.8. The van der Waals surface area contributed by atoms with Crippen LogP contribution in [0.25, 0.3) is 0 Å². The average molecular weight is 856 g/mol. The molecule has 0 aliphatic heterocycles. The third kappa shape index (κ3) is 42.1. The van der Waals surface area contributed by atoms with E-state index in [2.05, 4.69) is 74.6 Å². The van der Waals surface area contributed by atoms with Gasteiger partial charge in [0.1, 0.15) is 12.6 Å². The number of carbonyl (C=O) groups excluding carboxylic acids is 3. The Hall–Kier alpha value is -2.97. The first-order chi connectivity index (χ1) is 29.6. The van der Waals surface area contributed by atoms with Crippen LogP contribution < -0.4 is 5.11 Å². The highest BCUT2D eigenvalue weighted by atomic mass is 16.6. The fraction of sp³-hybridized carbons (Fsp3) is 0.755. The Kier molecular flexibility index (Phi) is 41.5. The third-order valence-electron chi connectivity index (χ3n) is 10.9. The second-order valence-electron chi connectivity index (χ2n) is 17.7. The molecule has 0 saturated carbocycles. The van der Waals surface area contributed by atoms with Crippen molar-refractivity contribution in [2.24, 2.45) is 0 Å². The Balaban J connectivity index is 4.33. The molecule has 0 rings (SSSR count). The van der Waals surface area contributed by atoms with Crippen molar-refractivity contribution in [1.29, 1.82) is 0 Å². The van der Waals surface area contributed by atoms with E-state index >= 15 is 0 Å². The molecule has 0 spiro atoms. The summed E-state index contributed by atoms with van der Waals surface area (Å²) < 4.78 is 17.2. The highest BCUT2D eigenvalue weighted by Crippen LogP contribution is 2.15. The molecule has 61 heavy (non-hydrogen) atoms. The van der Waals surface area contributed by atoms with Crippen molar-refractivity contribution in [3.05, 3.63) is 60.8 Å². The fourth-order valence-electron chi connectivity index (χ4n) is 7.10. The number of rotatable bonds is 44. The summed E-state index contributed by atoms with van der Waals surface area (Å²) in [6.45, 7) is 4.53. The number of hydrogen-bond acceptors (Lipinski definition) is 7. The minimum absolute atomic E-state index is 0.0270. The maximum absolute atomic E-state index is 12.8. The Morgan fingerprint density at radius 1 is 0.508 bits per heavy atom. The fourth-order valence-corrected chi connectivity index (χ4v) is 7.10. The molecule has 0 aromatic carbocycles. The summed E-state index contributed by atoms with van der Waals surface area (Å²) in [4.78, 5) is 37.0. The molecule has 2 unspecified atom stereocenters. The quantitative estimate of drug-likeness (QED) is 0.0260. The summed E-state index contributed by atoms with van der Waals surface area (Å²) in [5, 5.41) is 11.7. The number of carboxylic acids is 1. The number of esters is 2. The minimum Gasteiger partial charge on any atom is -0.544 e. The van der Waals surface area contributed by atoms with Gasteiger partial charge < -0.3 is 28.6 Å². The van der Waals surface area contributed by atoms with Crippen LogP contribution in [0.4, 0.5) is 0 Å². The lowest BCUT2D eigenvalue weighted by Crippen LogP contribution is -2.55. The van der Waals surface area contributed by atoms with E-state index in [1.807, 2.05) is 0 Å². The molecular formula is C53H93NO7. The van der Waals surface area contributed by atoms with Gasteiger partial charge in [-0.15, -0.1) is 0 Å². The van der Waals surface area contributed by atoms with Gasteiger partial charge in [-0.2, -0.15) is 0 Å². The van der Waals surface area contributed by atoms with Gasteiger partial charge in [0.15, 0.2) is 6.10 Å². The number of quaternary nitrogens is 1. The summed E-state index contributed by atoms with van der Waals surface area (Å²) >= 11 is 0. The van der Waals surface area contributed by atoms with Crippen molar-refractivity contribution in [2.45, 2.75) is 219 Å². The zero-order valence-electron chi connectivity index (χ0n) is 40.1. The molecule has 352 valence electrons. The summed E-state index contributed by atoms with van der Waals surface area (Å²) in [7, 11) is 5.40. The number of carboxylic acid groups (broad SMARTS) is 1. The molecule has 0 aromatic heterocycles. The molecule has 0 N–H and O–H groups in total. The van der Waals surface area contributed by atoms with Crippen molar-refractivity contribution in [3.8, 4) is 0 Å². The minimum atomic E-state index is -1.13. The zero-order chi connectivity index (χ0) is 44.9. The van der Waals surface area contributed by atoms with E-state index in [1.54, 1.807) is 21.1 Å². The lowest BCUT2D eigenvalue weighted by atomic mass is 10.0. The molecule has 0 aliphatic rings. The van der Waals surface area contributed by atoms with Gasteiger partial charge in [-0.05, 0) is 57.8 Å². The van der Waals surface area contributed by atoms with E-state index < -0.39 is 18.1 Å². The number of unbranched alkanes of at least 4 members (excludes halogenated alkanes) is 20. The molecular weight excluding hydrogens is 763 g/mol. The van der Waals surface area contributed by atoms with Crippen LogP contribution in [0.2, 0.25) is 0 Å². The molecule has 2 atom stereocenters. The number of hydrogen-bond donors (Lipinski definition) is 0. The van der Waals surface area contributed by atoms with Gasteiger partial charge in [-0.1, -0.05) is 190 Å². The van der Waals surface area contributed by atoms with Crippen LogP contribution in [0.3, 0.4) is 0 Å². The number of allylic oxidation sites excluding steroid dienone is 10. The van der Waals surface area contributed by atoms with Crippen LogP contribution in [-0.4, -0.2) is 75.5 Å². The van der Waals surface area contributed by atoms with Crippen molar-refractivity contribution >= 4 is 17.9 Å². The number of nitrogens with zero attached hydrogens (tertiary/aromatic N) is 1. The van der Waals surface area contributed by atoms with Gasteiger partial charge in [0.05, 0.1) is 40.3 Å². The Morgan fingerprint density at radius 2 is 0.918 bits per heavy atom. The van der Waals surface area contributed by atoms with Crippen LogP contribution in [-0.2, 0) is 28.6 Å². The van der Waals surface area contributed by atoms with E-state index in [4.69, 9.17) is 14.2 Å². The topological polar surface area (TPSA) is 102 Å². The number of likely N-dealkylation sites (N-methyl/N-ethyl adjacent to an activating group) is 1. The monoisotopic (exact) mass is 856 g/mol. The Morgan fingerprint density at radius 3 is 1.36 bits per heavy atom. The smallest absolute Gasteiger partial charge is 0.306 e. The van der Waals surface area contributed by atoms with E-state index in [0.717, 1.165) is 70.6 Å². The summed E-state index contributed by atoms with van der Waals surface area (Å²) in [6.07, 6.45) is 53.9. The van der Waals surface area contributed by atoms with Gasteiger partial charge in [-0.25, -0.2) is 0 Å². The molecule has 0 amide bonds. The molecule has 0 aliphatic carbocycles. The maximum Gasteiger partial charge on any atom is 0.306 e. The highest BCUT2D eigenvalue weighted by Gasteiger charge is 2.25. The lowest BCUT2D eigenvalue weighted by Gasteiger charge is -2.34. The average Bonchev–Trinajstić information content (AvgIpc) is 3.22. The van der Waals surface area contributed by atoms with Gasteiger partial charge in [0, 0.05) is 19.3 Å². The standard InChI is InChI=1S/C53H93NO7/c1-6-8-10-12-14-16-18-20-22-24-26-28-30-32-34-36-38-40-42-44-52(56)61-49(47-59-46-45-50(53(57)58)54(3,4)5)48-60-51(55)43-41-39-37-35-33-31-29-27-25-23-21-19-17-15-13-11-9-7-2/h8,10,14,16,20,22,26,28,32,34,49-50H,6-7,9,11-13,15,17-19,21,23-25,27,29-31,33,35-48H2,1-5H3/b10-8+,16-14+,22-20+,28-26+,34-32+. The van der Waals surface area contributed by atoms with Gasteiger partial charge >= 0.3 is 11.9 Å². The summed E-state index contributed by atoms with van der Waals surface area (Å²) in [5.41, 5.74) is 0. The van der Waals surface area contributed by atoms with Gasteiger partial charge in [-0.3, -0.25) is 9.59 Å².